The Morgan fingerprint density at radius 1 is 1.12 bits per heavy atom. The molecule has 1 saturated heterocycles. The summed E-state index contributed by atoms with van der Waals surface area (Å²) in [6.07, 6.45) is 0. The topological polar surface area (TPSA) is 77.1 Å². The standard InChI is InChI=1S/C17H22N2O5/c1-11(2)15(17(21)19-5-7-22-8-6-19)18-16(20)12-3-4-13-14(9-12)24-10-23-13/h3-4,9,11,15H,5-8,10H2,1-2H3,(H,18,20)/t15-/m1/s1. The maximum Gasteiger partial charge on any atom is 0.252 e. The second-order valence-corrected chi connectivity index (χ2v) is 6.20. The molecule has 7 heteroatoms. The summed E-state index contributed by atoms with van der Waals surface area (Å²) >= 11 is 0. The zero-order valence-electron chi connectivity index (χ0n) is 13.9. The summed E-state index contributed by atoms with van der Waals surface area (Å²) in [7, 11) is 0. The molecule has 3 rings (SSSR count). The second-order valence-electron chi connectivity index (χ2n) is 6.20. The first-order valence-corrected chi connectivity index (χ1v) is 8.13. The minimum Gasteiger partial charge on any atom is -0.454 e. The fourth-order valence-corrected chi connectivity index (χ4v) is 2.76. The highest BCUT2D eigenvalue weighted by Gasteiger charge is 2.30. The van der Waals surface area contributed by atoms with Gasteiger partial charge >= 0.3 is 0 Å². The van der Waals surface area contributed by atoms with E-state index in [1.807, 2.05) is 13.8 Å². The number of amides is 2. The lowest BCUT2D eigenvalue weighted by atomic mass is 10.0. The van der Waals surface area contributed by atoms with Crippen LogP contribution in [0.2, 0.25) is 0 Å². The van der Waals surface area contributed by atoms with Crippen molar-refractivity contribution in [2.24, 2.45) is 5.92 Å². The van der Waals surface area contributed by atoms with E-state index in [0.29, 0.717) is 43.4 Å². The molecule has 7 nitrogen and oxygen atoms in total. The fraction of sp³-hybridized carbons (Fsp3) is 0.529. The Kier molecular flexibility index (Phi) is 4.89. The molecule has 1 N–H and O–H groups in total. The van der Waals surface area contributed by atoms with E-state index in [2.05, 4.69) is 5.32 Å². The number of fused-ring (bicyclic) bond motifs is 1. The van der Waals surface area contributed by atoms with Gasteiger partial charge in [0.25, 0.3) is 5.91 Å². The van der Waals surface area contributed by atoms with Gasteiger partial charge in [-0.3, -0.25) is 9.59 Å². The van der Waals surface area contributed by atoms with E-state index in [1.165, 1.54) is 0 Å². The maximum atomic E-state index is 12.7. The first-order chi connectivity index (χ1) is 11.6. The zero-order valence-corrected chi connectivity index (χ0v) is 13.9. The van der Waals surface area contributed by atoms with Gasteiger partial charge in [0, 0.05) is 18.7 Å². The molecule has 0 aliphatic carbocycles. The van der Waals surface area contributed by atoms with Gasteiger partial charge in [0.05, 0.1) is 13.2 Å². The maximum absolute atomic E-state index is 12.7. The highest BCUT2D eigenvalue weighted by molar-refractivity contribution is 5.98. The number of nitrogens with zero attached hydrogens (tertiary/aromatic N) is 1. The largest absolute Gasteiger partial charge is 0.454 e. The van der Waals surface area contributed by atoms with Gasteiger partial charge in [0.1, 0.15) is 6.04 Å². The summed E-state index contributed by atoms with van der Waals surface area (Å²) in [5, 5.41) is 2.85. The second kappa shape index (κ2) is 7.09. The van der Waals surface area contributed by atoms with Crippen LogP contribution in [0.15, 0.2) is 18.2 Å². The predicted molar refractivity (Wildman–Crippen MR) is 86.1 cm³/mol. The molecule has 0 unspecified atom stereocenters. The van der Waals surface area contributed by atoms with Crippen molar-refractivity contribution in [3.05, 3.63) is 23.8 Å². The van der Waals surface area contributed by atoms with Crippen LogP contribution >= 0.6 is 0 Å². The van der Waals surface area contributed by atoms with Crippen LogP contribution in [-0.4, -0.2) is 55.9 Å². The lowest BCUT2D eigenvalue weighted by Crippen LogP contribution is -2.53. The molecule has 130 valence electrons. The van der Waals surface area contributed by atoms with Crippen molar-refractivity contribution >= 4 is 11.8 Å². The highest BCUT2D eigenvalue weighted by atomic mass is 16.7. The van der Waals surface area contributed by atoms with Crippen molar-refractivity contribution in [2.75, 3.05) is 33.1 Å². The summed E-state index contributed by atoms with van der Waals surface area (Å²) in [6, 6.07) is 4.43. The van der Waals surface area contributed by atoms with Crippen molar-refractivity contribution in [1.82, 2.24) is 10.2 Å². The Balaban J connectivity index is 1.70. The molecular formula is C17H22N2O5. The van der Waals surface area contributed by atoms with E-state index < -0.39 is 6.04 Å². The van der Waals surface area contributed by atoms with Crippen molar-refractivity contribution in [3.8, 4) is 11.5 Å². The van der Waals surface area contributed by atoms with Gasteiger partial charge in [-0.15, -0.1) is 0 Å². The molecule has 0 radical (unpaired) electrons. The summed E-state index contributed by atoms with van der Waals surface area (Å²) in [6.45, 7) is 6.18. The van der Waals surface area contributed by atoms with Crippen LogP contribution in [0.3, 0.4) is 0 Å². The number of carbonyl (C=O) groups is 2. The minimum absolute atomic E-state index is 0.0155. The number of hydrogen-bond donors (Lipinski definition) is 1. The molecule has 2 amide bonds. The molecule has 0 spiro atoms. The number of ether oxygens (including phenoxy) is 3. The van der Waals surface area contributed by atoms with Crippen molar-refractivity contribution in [2.45, 2.75) is 19.9 Å². The molecular weight excluding hydrogens is 312 g/mol. The van der Waals surface area contributed by atoms with Gasteiger partial charge < -0.3 is 24.4 Å². The highest BCUT2D eigenvalue weighted by Crippen LogP contribution is 2.32. The molecule has 0 aromatic heterocycles. The van der Waals surface area contributed by atoms with Gasteiger partial charge in [0.2, 0.25) is 12.7 Å². The van der Waals surface area contributed by atoms with Crippen LogP contribution in [0, 0.1) is 5.92 Å². The SMILES string of the molecule is CC(C)[C@@H](NC(=O)c1ccc2c(c1)OCO2)C(=O)N1CCOCC1. The lowest BCUT2D eigenvalue weighted by Gasteiger charge is -2.32. The number of rotatable bonds is 4. The number of benzene rings is 1. The van der Waals surface area contributed by atoms with Gasteiger partial charge in [0.15, 0.2) is 11.5 Å². The van der Waals surface area contributed by atoms with Crippen molar-refractivity contribution < 1.29 is 23.8 Å². The fourth-order valence-electron chi connectivity index (χ4n) is 2.76. The number of hydrogen-bond acceptors (Lipinski definition) is 5. The molecule has 0 saturated carbocycles. The molecule has 1 fully saturated rings. The normalized spacial score (nSPS) is 17.7. The number of nitrogens with one attached hydrogen (secondary N) is 1. The Hall–Kier alpha value is -2.28. The Labute approximate surface area is 140 Å². The smallest absolute Gasteiger partial charge is 0.252 e. The first-order valence-electron chi connectivity index (χ1n) is 8.13. The Bertz CT molecular complexity index is 625. The van der Waals surface area contributed by atoms with Crippen LogP contribution in [-0.2, 0) is 9.53 Å². The molecule has 2 aliphatic heterocycles. The predicted octanol–water partition coefficient (Wildman–Crippen LogP) is 1.03. The summed E-state index contributed by atoms with van der Waals surface area (Å²) in [5.41, 5.74) is 0.444. The molecule has 0 bridgehead atoms. The average molecular weight is 334 g/mol. The third-order valence-corrected chi connectivity index (χ3v) is 4.18. The van der Waals surface area contributed by atoms with E-state index in [0.717, 1.165) is 0 Å². The van der Waals surface area contributed by atoms with Gasteiger partial charge in [-0.2, -0.15) is 0 Å². The van der Waals surface area contributed by atoms with E-state index >= 15 is 0 Å². The first kappa shape index (κ1) is 16.6. The summed E-state index contributed by atoms with van der Waals surface area (Å²) < 4.78 is 15.8. The molecule has 1 aromatic rings. The molecule has 2 aliphatic rings. The van der Waals surface area contributed by atoms with E-state index in [-0.39, 0.29) is 24.5 Å². The number of morpholine rings is 1. The number of carbonyl (C=O) groups excluding carboxylic acids is 2. The average Bonchev–Trinajstić information content (AvgIpc) is 3.07. The minimum atomic E-state index is -0.568. The third kappa shape index (κ3) is 3.46. The van der Waals surface area contributed by atoms with Crippen LogP contribution in [0.5, 0.6) is 11.5 Å². The monoisotopic (exact) mass is 334 g/mol. The third-order valence-electron chi connectivity index (χ3n) is 4.18. The van der Waals surface area contributed by atoms with E-state index in [4.69, 9.17) is 14.2 Å². The summed E-state index contributed by atoms with van der Waals surface area (Å²) in [4.78, 5) is 27.0. The lowest BCUT2D eigenvalue weighted by molar-refractivity contribution is -0.138. The van der Waals surface area contributed by atoms with E-state index in [1.54, 1.807) is 23.1 Å². The Morgan fingerprint density at radius 3 is 2.54 bits per heavy atom. The van der Waals surface area contributed by atoms with Crippen LogP contribution in [0.4, 0.5) is 0 Å². The van der Waals surface area contributed by atoms with Gasteiger partial charge in [-0.1, -0.05) is 13.8 Å². The molecule has 1 aromatic carbocycles. The summed E-state index contributed by atoms with van der Waals surface area (Å²) in [5.74, 6) is 0.786. The quantitative estimate of drug-likeness (QED) is 0.890. The Morgan fingerprint density at radius 2 is 1.83 bits per heavy atom. The van der Waals surface area contributed by atoms with Gasteiger partial charge in [-0.05, 0) is 24.1 Å². The van der Waals surface area contributed by atoms with Crippen LogP contribution < -0.4 is 14.8 Å². The van der Waals surface area contributed by atoms with Crippen LogP contribution in [0.25, 0.3) is 0 Å². The van der Waals surface area contributed by atoms with Crippen molar-refractivity contribution in [3.63, 3.8) is 0 Å². The van der Waals surface area contributed by atoms with Gasteiger partial charge in [-0.25, -0.2) is 0 Å². The zero-order chi connectivity index (χ0) is 17.1. The molecule has 24 heavy (non-hydrogen) atoms. The molecule has 1 atom stereocenters. The van der Waals surface area contributed by atoms with E-state index in [9.17, 15) is 9.59 Å². The van der Waals surface area contributed by atoms with Crippen molar-refractivity contribution in [1.29, 1.82) is 0 Å². The van der Waals surface area contributed by atoms with Crippen LogP contribution in [0.1, 0.15) is 24.2 Å². The molecule has 2 heterocycles.